The topological polar surface area (TPSA) is 90.1 Å². The van der Waals surface area contributed by atoms with Crippen LogP contribution >= 0.6 is 0 Å². The molecule has 4 rings (SSSR count). The van der Waals surface area contributed by atoms with Crippen LogP contribution in [0.5, 0.6) is 5.88 Å². The highest BCUT2D eigenvalue weighted by Crippen LogP contribution is 2.32. The lowest BCUT2D eigenvalue weighted by Gasteiger charge is -2.23. The molecule has 7 nitrogen and oxygen atoms in total. The highest BCUT2D eigenvalue weighted by Gasteiger charge is 2.20. The number of ether oxygens (including phenoxy) is 3. The smallest absolute Gasteiger partial charge is 0.224 e. The van der Waals surface area contributed by atoms with Gasteiger partial charge in [-0.1, -0.05) is 19.1 Å². The van der Waals surface area contributed by atoms with Gasteiger partial charge in [0.05, 0.1) is 35.7 Å². The Morgan fingerprint density at radius 3 is 2.65 bits per heavy atom. The Bertz CT molecular complexity index is 1070. The molecular weight excluding hydrogens is 392 g/mol. The van der Waals surface area contributed by atoms with E-state index in [4.69, 9.17) is 24.5 Å². The zero-order valence-corrected chi connectivity index (χ0v) is 17.9. The summed E-state index contributed by atoms with van der Waals surface area (Å²) in [4.78, 5) is 14.1. The normalized spacial score (nSPS) is 15.5. The molecule has 0 spiro atoms. The van der Waals surface area contributed by atoms with E-state index in [0.717, 1.165) is 47.1 Å². The summed E-state index contributed by atoms with van der Waals surface area (Å²) in [5, 5.41) is 9.90. The van der Waals surface area contributed by atoms with Crippen molar-refractivity contribution in [2.24, 2.45) is 5.92 Å². The molecule has 0 saturated carbocycles. The van der Waals surface area contributed by atoms with Gasteiger partial charge in [-0.25, -0.2) is 15.0 Å². The van der Waals surface area contributed by atoms with Crippen LogP contribution in [0.4, 0.5) is 0 Å². The van der Waals surface area contributed by atoms with E-state index in [1.54, 1.807) is 25.4 Å². The first kappa shape index (κ1) is 21.2. The fourth-order valence-corrected chi connectivity index (χ4v) is 3.77. The van der Waals surface area contributed by atoms with Crippen molar-refractivity contribution in [2.45, 2.75) is 32.3 Å². The van der Waals surface area contributed by atoms with Crippen LogP contribution in [-0.4, -0.2) is 48.0 Å². The standard InChI is InChI=1S/C24H26N4O3/c1-16(15-29-2)11-22-26-14-21-23(28-22)20(18-5-3-17(12-25)4-6-18)13-27-24(21)31-19-7-9-30-10-8-19/h3-6,13-14,16,19H,7-11,15H2,1-2H3/t16-/m1/s1. The number of nitriles is 1. The molecule has 31 heavy (non-hydrogen) atoms. The van der Waals surface area contributed by atoms with E-state index in [0.29, 0.717) is 37.2 Å². The highest BCUT2D eigenvalue weighted by atomic mass is 16.5. The van der Waals surface area contributed by atoms with Gasteiger partial charge in [0, 0.05) is 50.9 Å². The van der Waals surface area contributed by atoms with Gasteiger partial charge >= 0.3 is 0 Å². The van der Waals surface area contributed by atoms with Crippen molar-refractivity contribution in [1.29, 1.82) is 5.26 Å². The summed E-state index contributed by atoms with van der Waals surface area (Å²) >= 11 is 0. The SMILES string of the molecule is COC[C@H](C)Cc1ncc2c(OC3CCOCC3)ncc(-c3ccc(C#N)cc3)c2n1. The molecule has 0 unspecified atom stereocenters. The van der Waals surface area contributed by atoms with Gasteiger partial charge in [0.15, 0.2) is 0 Å². The maximum Gasteiger partial charge on any atom is 0.224 e. The van der Waals surface area contributed by atoms with Gasteiger partial charge in [-0.3, -0.25) is 0 Å². The fraction of sp³-hybridized carbons (Fsp3) is 0.417. The number of benzene rings is 1. The third-order valence-corrected chi connectivity index (χ3v) is 5.39. The fourth-order valence-electron chi connectivity index (χ4n) is 3.77. The molecule has 1 fully saturated rings. The van der Waals surface area contributed by atoms with Crippen molar-refractivity contribution in [3.8, 4) is 23.1 Å². The third kappa shape index (κ3) is 4.98. The average molecular weight is 418 g/mol. The number of methoxy groups -OCH3 is 1. The van der Waals surface area contributed by atoms with Gasteiger partial charge in [0.1, 0.15) is 11.9 Å². The summed E-state index contributed by atoms with van der Waals surface area (Å²) in [5.41, 5.74) is 3.26. The zero-order valence-electron chi connectivity index (χ0n) is 17.9. The van der Waals surface area contributed by atoms with Crippen LogP contribution in [0.1, 0.15) is 31.2 Å². The number of nitrogens with zero attached hydrogens (tertiary/aromatic N) is 4. The van der Waals surface area contributed by atoms with Crippen molar-refractivity contribution in [3.05, 3.63) is 48.0 Å². The number of hydrogen-bond donors (Lipinski definition) is 0. The van der Waals surface area contributed by atoms with Crippen LogP contribution in [0.25, 0.3) is 22.0 Å². The summed E-state index contributed by atoms with van der Waals surface area (Å²) in [6.45, 7) is 4.16. The van der Waals surface area contributed by atoms with Crippen LogP contribution in [0.2, 0.25) is 0 Å². The van der Waals surface area contributed by atoms with E-state index in [9.17, 15) is 0 Å². The van der Waals surface area contributed by atoms with Crippen molar-refractivity contribution in [3.63, 3.8) is 0 Å². The molecule has 0 N–H and O–H groups in total. The molecule has 0 radical (unpaired) electrons. The molecule has 7 heteroatoms. The second kappa shape index (κ2) is 9.82. The molecule has 1 aliphatic rings. The van der Waals surface area contributed by atoms with Gasteiger partial charge in [0.2, 0.25) is 5.88 Å². The summed E-state index contributed by atoms with van der Waals surface area (Å²) in [5.74, 6) is 1.62. The Morgan fingerprint density at radius 2 is 1.94 bits per heavy atom. The van der Waals surface area contributed by atoms with E-state index in [1.807, 2.05) is 18.3 Å². The molecule has 3 aromatic rings. The third-order valence-electron chi connectivity index (χ3n) is 5.39. The molecule has 0 amide bonds. The number of rotatable bonds is 7. The predicted molar refractivity (Wildman–Crippen MR) is 117 cm³/mol. The number of fused-ring (bicyclic) bond motifs is 1. The molecule has 1 aliphatic heterocycles. The average Bonchev–Trinajstić information content (AvgIpc) is 2.80. The second-order valence-electron chi connectivity index (χ2n) is 7.91. The molecule has 1 saturated heterocycles. The van der Waals surface area contributed by atoms with Crippen molar-refractivity contribution in [2.75, 3.05) is 26.9 Å². The van der Waals surface area contributed by atoms with Gasteiger partial charge in [0.25, 0.3) is 0 Å². The van der Waals surface area contributed by atoms with E-state index >= 15 is 0 Å². The molecule has 1 aromatic carbocycles. The monoisotopic (exact) mass is 418 g/mol. The van der Waals surface area contributed by atoms with Crippen molar-refractivity contribution in [1.82, 2.24) is 15.0 Å². The minimum atomic E-state index is 0.0756. The summed E-state index contributed by atoms with van der Waals surface area (Å²) in [7, 11) is 1.70. The largest absolute Gasteiger partial charge is 0.474 e. The minimum absolute atomic E-state index is 0.0756. The second-order valence-corrected chi connectivity index (χ2v) is 7.91. The van der Waals surface area contributed by atoms with E-state index < -0.39 is 0 Å². The lowest BCUT2D eigenvalue weighted by Crippen LogP contribution is -2.26. The first-order valence-corrected chi connectivity index (χ1v) is 10.6. The molecule has 0 bridgehead atoms. The van der Waals surface area contributed by atoms with Crippen LogP contribution in [-0.2, 0) is 15.9 Å². The molecule has 1 atom stereocenters. The summed E-state index contributed by atoms with van der Waals surface area (Å²) < 4.78 is 16.9. The van der Waals surface area contributed by atoms with Gasteiger partial charge in [-0.15, -0.1) is 0 Å². The van der Waals surface area contributed by atoms with Crippen LogP contribution < -0.4 is 4.74 Å². The first-order valence-electron chi connectivity index (χ1n) is 10.6. The molecule has 0 aliphatic carbocycles. The van der Waals surface area contributed by atoms with Crippen molar-refractivity contribution >= 4 is 10.9 Å². The number of aromatic nitrogens is 3. The van der Waals surface area contributed by atoms with Crippen LogP contribution in [0.15, 0.2) is 36.7 Å². The van der Waals surface area contributed by atoms with E-state index in [1.165, 1.54) is 0 Å². The van der Waals surface area contributed by atoms with Gasteiger partial charge < -0.3 is 14.2 Å². The molecular formula is C24H26N4O3. The van der Waals surface area contributed by atoms with Gasteiger partial charge in [-0.2, -0.15) is 5.26 Å². The quantitative estimate of drug-likeness (QED) is 0.574. The van der Waals surface area contributed by atoms with Gasteiger partial charge in [-0.05, 0) is 23.6 Å². The number of pyridine rings is 1. The summed E-state index contributed by atoms with van der Waals surface area (Å²) in [6.07, 6.45) is 6.09. The maximum atomic E-state index is 9.11. The molecule has 3 heterocycles. The Morgan fingerprint density at radius 1 is 1.16 bits per heavy atom. The van der Waals surface area contributed by atoms with Crippen LogP contribution in [0, 0.1) is 17.2 Å². The Balaban J connectivity index is 1.75. The van der Waals surface area contributed by atoms with Crippen LogP contribution in [0.3, 0.4) is 0 Å². The maximum absolute atomic E-state index is 9.11. The molecule has 160 valence electrons. The van der Waals surface area contributed by atoms with Crippen molar-refractivity contribution < 1.29 is 14.2 Å². The minimum Gasteiger partial charge on any atom is -0.474 e. The predicted octanol–water partition coefficient (Wildman–Crippen LogP) is 3.95. The Kier molecular flexibility index (Phi) is 6.70. The summed E-state index contributed by atoms with van der Waals surface area (Å²) in [6, 6.07) is 9.60. The lowest BCUT2D eigenvalue weighted by molar-refractivity contribution is 0.0244. The number of hydrogen-bond acceptors (Lipinski definition) is 7. The zero-order chi connectivity index (χ0) is 21.6. The Labute approximate surface area is 182 Å². The van der Waals surface area contributed by atoms with E-state index in [2.05, 4.69) is 23.0 Å². The lowest BCUT2D eigenvalue weighted by atomic mass is 10.0. The highest BCUT2D eigenvalue weighted by molar-refractivity contribution is 5.95. The Hall–Kier alpha value is -3.08. The van der Waals surface area contributed by atoms with E-state index in [-0.39, 0.29) is 6.10 Å². The first-order chi connectivity index (χ1) is 15.2. The molecule has 2 aromatic heterocycles.